The van der Waals surface area contributed by atoms with E-state index in [9.17, 15) is 0 Å². The minimum atomic E-state index is 0. The maximum Gasteiger partial charge on any atom is 0.0657 e. The normalized spacial score (nSPS) is 13.5. The van der Waals surface area contributed by atoms with Gasteiger partial charge in [0.25, 0.3) is 0 Å². The van der Waals surface area contributed by atoms with E-state index in [-0.39, 0.29) is 12.4 Å². The summed E-state index contributed by atoms with van der Waals surface area (Å²) >= 11 is 0. The highest BCUT2D eigenvalue weighted by Crippen LogP contribution is 2.22. The lowest BCUT2D eigenvalue weighted by Crippen LogP contribution is -1.91. The monoisotopic (exact) mass is 167 g/mol. The standard InChI is InChI=1S/C9H9N.ClH/c1-2-6-9-8(4-1)5-3-7-10-9;/h1-2,4,6-7H,3,5H2;1H. The zero-order valence-electron chi connectivity index (χ0n) is 6.16. The van der Waals surface area contributed by atoms with Gasteiger partial charge in [0.1, 0.15) is 0 Å². The molecule has 1 aliphatic rings. The van der Waals surface area contributed by atoms with Crippen LogP contribution in [-0.2, 0) is 6.42 Å². The van der Waals surface area contributed by atoms with Crippen LogP contribution < -0.4 is 0 Å². The minimum absolute atomic E-state index is 0. The largest absolute Gasteiger partial charge is 0.261 e. The SMILES string of the molecule is C1=Nc2ccccc2CC1.Cl. The molecule has 0 saturated heterocycles. The molecule has 0 bridgehead atoms. The van der Waals surface area contributed by atoms with Crippen molar-refractivity contribution in [1.29, 1.82) is 0 Å². The first-order chi connectivity index (χ1) is 4.97. The second-order valence-corrected chi connectivity index (χ2v) is 2.48. The first-order valence-electron chi connectivity index (χ1n) is 3.57. The molecule has 0 aliphatic carbocycles. The van der Waals surface area contributed by atoms with Crippen LogP contribution in [0.2, 0.25) is 0 Å². The van der Waals surface area contributed by atoms with Gasteiger partial charge in [-0.15, -0.1) is 12.4 Å². The van der Waals surface area contributed by atoms with E-state index in [1.807, 2.05) is 12.3 Å². The van der Waals surface area contributed by atoms with E-state index in [4.69, 9.17) is 0 Å². The van der Waals surface area contributed by atoms with Crippen molar-refractivity contribution in [2.24, 2.45) is 4.99 Å². The molecule has 0 radical (unpaired) electrons. The van der Waals surface area contributed by atoms with Crippen LogP contribution in [0.1, 0.15) is 12.0 Å². The third-order valence-corrected chi connectivity index (χ3v) is 1.76. The Morgan fingerprint density at radius 1 is 1.18 bits per heavy atom. The van der Waals surface area contributed by atoms with Crippen molar-refractivity contribution in [2.45, 2.75) is 12.8 Å². The summed E-state index contributed by atoms with van der Waals surface area (Å²) in [4.78, 5) is 4.27. The van der Waals surface area contributed by atoms with Crippen molar-refractivity contribution in [3.05, 3.63) is 29.8 Å². The molecule has 1 nitrogen and oxygen atoms in total. The average molecular weight is 168 g/mol. The first kappa shape index (κ1) is 8.28. The van der Waals surface area contributed by atoms with E-state index in [1.165, 1.54) is 5.56 Å². The maximum atomic E-state index is 4.27. The zero-order valence-corrected chi connectivity index (χ0v) is 6.97. The Kier molecular flexibility index (Phi) is 2.66. The van der Waals surface area contributed by atoms with Crippen molar-refractivity contribution in [3.8, 4) is 0 Å². The predicted molar refractivity (Wildman–Crippen MR) is 50.2 cm³/mol. The van der Waals surface area contributed by atoms with Gasteiger partial charge in [-0.25, -0.2) is 0 Å². The van der Waals surface area contributed by atoms with Crippen LogP contribution in [0.15, 0.2) is 29.3 Å². The van der Waals surface area contributed by atoms with Crippen molar-refractivity contribution >= 4 is 24.3 Å². The molecule has 1 aliphatic heterocycles. The minimum Gasteiger partial charge on any atom is -0.261 e. The fourth-order valence-electron chi connectivity index (χ4n) is 1.23. The maximum absolute atomic E-state index is 4.27. The Hall–Kier alpha value is -0.820. The lowest BCUT2D eigenvalue weighted by Gasteiger charge is -2.07. The van der Waals surface area contributed by atoms with Gasteiger partial charge in [-0.1, -0.05) is 18.2 Å². The van der Waals surface area contributed by atoms with Crippen LogP contribution >= 0.6 is 12.4 Å². The fourth-order valence-corrected chi connectivity index (χ4v) is 1.23. The number of nitrogens with zero attached hydrogens (tertiary/aromatic N) is 1. The van der Waals surface area contributed by atoms with Gasteiger partial charge in [0.05, 0.1) is 5.69 Å². The molecule has 0 saturated carbocycles. The van der Waals surface area contributed by atoms with E-state index < -0.39 is 0 Å². The summed E-state index contributed by atoms with van der Waals surface area (Å²) in [5, 5.41) is 0. The molecule has 2 heteroatoms. The molecule has 1 aromatic carbocycles. The lowest BCUT2D eigenvalue weighted by atomic mass is 10.1. The molecule has 0 unspecified atom stereocenters. The van der Waals surface area contributed by atoms with E-state index >= 15 is 0 Å². The fraction of sp³-hybridized carbons (Fsp3) is 0.222. The summed E-state index contributed by atoms with van der Waals surface area (Å²) in [5.41, 5.74) is 2.53. The van der Waals surface area contributed by atoms with Crippen molar-refractivity contribution < 1.29 is 0 Å². The number of aryl methyl sites for hydroxylation is 1. The number of para-hydroxylation sites is 1. The number of halogens is 1. The molecule has 0 aromatic heterocycles. The number of rotatable bonds is 0. The van der Waals surface area contributed by atoms with Crippen LogP contribution in [-0.4, -0.2) is 6.21 Å². The van der Waals surface area contributed by atoms with Gasteiger partial charge in [-0.05, 0) is 24.5 Å². The Morgan fingerprint density at radius 2 is 2.00 bits per heavy atom. The van der Waals surface area contributed by atoms with Crippen molar-refractivity contribution in [1.82, 2.24) is 0 Å². The Labute approximate surface area is 72.6 Å². The number of aliphatic imine (C=N–C) groups is 1. The molecule has 2 rings (SSSR count). The molecule has 1 aromatic rings. The molecular weight excluding hydrogens is 158 g/mol. The predicted octanol–water partition coefficient (Wildman–Crippen LogP) is 2.76. The van der Waals surface area contributed by atoms with Gasteiger partial charge in [-0.2, -0.15) is 0 Å². The van der Waals surface area contributed by atoms with Crippen LogP contribution in [0.4, 0.5) is 5.69 Å². The molecule has 0 amide bonds. The van der Waals surface area contributed by atoms with Gasteiger partial charge in [0.2, 0.25) is 0 Å². The van der Waals surface area contributed by atoms with Crippen LogP contribution in [0.3, 0.4) is 0 Å². The van der Waals surface area contributed by atoms with Crippen LogP contribution in [0.5, 0.6) is 0 Å². The summed E-state index contributed by atoms with van der Waals surface area (Å²) in [6.45, 7) is 0. The summed E-state index contributed by atoms with van der Waals surface area (Å²) in [7, 11) is 0. The molecule has 0 spiro atoms. The third kappa shape index (κ3) is 1.60. The Morgan fingerprint density at radius 3 is 2.82 bits per heavy atom. The zero-order chi connectivity index (χ0) is 6.81. The molecule has 0 fully saturated rings. The van der Waals surface area contributed by atoms with E-state index in [1.54, 1.807) is 0 Å². The molecule has 11 heavy (non-hydrogen) atoms. The van der Waals surface area contributed by atoms with E-state index in [0.717, 1.165) is 18.5 Å². The van der Waals surface area contributed by atoms with Gasteiger partial charge >= 0.3 is 0 Å². The highest BCUT2D eigenvalue weighted by Gasteiger charge is 2.01. The molecule has 58 valence electrons. The smallest absolute Gasteiger partial charge is 0.0657 e. The van der Waals surface area contributed by atoms with Gasteiger partial charge in [0, 0.05) is 6.21 Å². The summed E-state index contributed by atoms with van der Waals surface area (Å²) < 4.78 is 0. The van der Waals surface area contributed by atoms with Gasteiger partial charge in [-0.3, -0.25) is 4.99 Å². The second-order valence-electron chi connectivity index (χ2n) is 2.48. The third-order valence-electron chi connectivity index (χ3n) is 1.76. The number of fused-ring (bicyclic) bond motifs is 1. The lowest BCUT2D eigenvalue weighted by molar-refractivity contribution is 1.03. The Balaban J connectivity index is 0.000000605. The molecule has 0 atom stereocenters. The van der Waals surface area contributed by atoms with Gasteiger partial charge < -0.3 is 0 Å². The summed E-state index contributed by atoms with van der Waals surface area (Å²) in [6.07, 6.45) is 4.24. The molecular formula is C9H10ClN. The Bertz CT molecular complexity index is 268. The number of hydrogen-bond donors (Lipinski definition) is 0. The highest BCUT2D eigenvalue weighted by atomic mass is 35.5. The van der Waals surface area contributed by atoms with Crippen molar-refractivity contribution in [2.75, 3.05) is 0 Å². The first-order valence-corrected chi connectivity index (χ1v) is 3.57. The molecule has 1 heterocycles. The molecule has 0 N–H and O–H groups in total. The average Bonchev–Trinajstić information content (AvgIpc) is 2.05. The van der Waals surface area contributed by atoms with Crippen LogP contribution in [0.25, 0.3) is 0 Å². The summed E-state index contributed by atoms with van der Waals surface area (Å²) in [5.74, 6) is 0. The number of hydrogen-bond acceptors (Lipinski definition) is 1. The second kappa shape index (κ2) is 3.54. The summed E-state index contributed by atoms with van der Waals surface area (Å²) in [6, 6.07) is 8.30. The van der Waals surface area contributed by atoms with Crippen molar-refractivity contribution in [3.63, 3.8) is 0 Å². The quantitative estimate of drug-likeness (QED) is 0.564. The number of benzene rings is 1. The van der Waals surface area contributed by atoms with E-state index in [2.05, 4.69) is 23.2 Å². The highest BCUT2D eigenvalue weighted by molar-refractivity contribution is 5.85. The van der Waals surface area contributed by atoms with Crippen LogP contribution in [0, 0.1) is 0 Å². The topological polar surface area (TPSA) is 12.4 Å². The van der Waals surface area contributed by atoms with Gasteiger partial charge in [0.15, 0.2) is 0 Å². The van der Waals surface area contributed by atoms with E-state index in [0.29, 0.717) is 0 Å².